The quantitative estimate of drug-likeness (QED) is 0.0569. The van der Waals surface area contributed by atoms with Crippen molar-refractivity contribution in [2.45, 2.75) is 92.4 Å². The number of carbonyl (C=O) groups excluding carboxylic acids is 6. The molecule has 0 unspecified atom stereocenters. The molecule has 3 aliphatic rings. The molecule has 23 heteroatoms. The number of hydrogen-bond donors (Lipinski definition) is 3. The van der Waals surface area contributed by atoms with Crippen LogP contribution in [0.2, 0.25) is 0 Å². The fraction of sp³-hybridized carbons (Fsp3) is 0.240. The van der Waals surface area contributed by atoms with E-state index in [-0.39, 0.29) is 35.1 Å². The number of aromatic nitrogens is 8. The van der Waals surface area contributed by atoms with Crippen LogP contribution >= 0.6 is 34.0 Å². The zero-order valence-electron chi connectivity index (χ0n) is 67.1. The Morgan fingerprint density at radius 1 is 0.378 bits per heavy atom. The summed E-state index contributed by atoms with van der Waals surface area (Å²) in [5.41, 5.74) is 16.0. The van der Waals surface area contributed by atoms with Crippen LogP contribution in [-0.4, -0.2) is 113 Å². The van der Waals surface area contributed by atoms with Crippen molar-refractivity contribution in [3.8, 4) is 17.1 Å². The summed E-state index contributed by atoms with van der Waals surface area (Å²) in [6.45, 7) is 17.2. The minimum absolute atomic E-state index is 0.0398. The van der Waals surface area contributed by atoms with Gasteiger partial charge in [-0.15, -0.1) is 34.0 Å². The molecule has 3 saturated heterocycles. The summed E-state index contributed by atoms with van der Waals surface area (Å²) in [6, 6.07) is 65.7. The van der Waals surface area contributed by atoms with Crippen LogP contribution in [0, 0.1) is 31.6 Å². The molecule has 0 atom stereocenters. The highest BCUT2D eigenvalue weighted by atomic mass is 32.1. The lowest BCUT2D eigenvalue weighted by molar-refractivity contribution is 0.0984. The number of carbonyl (C=O) groups is 6. The van der Waals surface area contributed by atoms with Crippen molar-refractivity contribution in [3.05, 3.63) is 307 Å². The maximum Gasteiger partial charge on any atom is 0.255 e. The first-order valence-electron chi connectivity index (χ1n) is 40.6. The van der Waals surface area contributed by atoms with Crippen molar-refractivity contribution < 1.29 is 28.8 Å². The Balaban J connectivity index is 0.000000133. The third-order valence-corrected chi connectivity index (χ3v) is 25.2. The minimum Gasteiger partial charge on any atom is -0.372 e. The van der Waals surface area contributed by atoms with Crippen molar-refractivity contribution in [1.82, 2.24) is 39.1 Å². The molecule has 18 rings (SSSR count). The molecule has 3 aliphatic heterocycles. The van der Waals surface area contributed by atoms with Crippen LogP contribution in [-0.2, 0) is 19.3 Å². The van der Waals surface area contributed by atoms with E-state index in [2.05, 4.69) is 81.1 Å². The molecule has 0 radical (unpaired) electrons. The molecule has 0 saturated carbocycles. The highest BCUT2D eigenvalue weighted by Crippen LogP contribution is 2.32. The van der Waals surface area contributed by atoms with E-state index in [1.165, 1.54) is 78.3 Å². The van der Waals surface area contributed by atoms with Gasteiger partial charge in [-0.3, -0.25) is 28.8 Å². The van der Waals surface area contributed by atoms with E-state index >= 15 is 0 Å². The number of fused-ring (bicyclic) bond motifs is 3. The van der Waals surface area contributed by atoms with Crippen molar-refractivity contribution in [2.24, 2.45) is 17.8 Å². The van der Waals surface area contributed by atoms with Gasteiger partial charge in [-0.05, 0) is 276 Å². The third kappa shape index (κ3) is 19.4. The largest absolute Gasteiger partial charge is 0.372 e. The van der Waals surface area contributed by atoms with Gasteiger partial charge in [0, 0.05) is 169 Å². The number of Topliss-reactive ketones (excluding diaryl/α,β-unsaturated/α-hetero) is 3. The molecule has 0 spiro atoms. The second-order valence-electron chi connectivity index (χ2n) is 31.2. The second-order valence-corrected chi connectivity index (χ2v) is 34.5. The summed E-state index contributed by atoms with van der Waals surface area (Å²) in [6.07, 6.45) is 17.3. The van der Waals surface area contributed by atoms with E-state index in [1.807, 2.05) is 246 Å². The zero-order chi connectivity index (χ0) is 82.0. The van der Waals surface area contributed by atoms with Gasteiger partial charge in [0.25, 0.3) is 17.7 Å². The van der Waals surface area contributed by atoms with E-state index in [9.17, 15) is 28.8 Å². The maximum atomic E-state index is 13.0. The summed E-state index contributed by atoms with van der Waals surface area (Å²) in [5, 5.41) is 27.3. The van der Waals surface area contributed by atoms with Crippen molar-refractivity contribution in [1.29, 1.82) is 0 Å². The second kappa shape index (κ2) is 36.4. The van der Waals surface area contributed by atoms with Crippen LogP contribution in [0.3, 0.4) is 0 Å². The number of rotatable bonds is 21. The molecular formula is C96H92N14O6S3. The average Bonchev–Trinajstić information content (AvgIpc) is 1.67. The van der Waals surface area contributed by atoms with Gasteiger partial charge in [-0.1, -0.05) is 20.8 Å². The Morgan fingerprint density at radius 2 is 0.748 bits per heavy atom. The van der Waals surface area contributed by atoms with E-state index in [0.29, 0.717) is 64.0 Å². The first-order chi connectivity index (χ1) is 57.9. The predicted molar refractivity (Wildman–Crippen MR) is 480 cm³/mol. The number of nitrogens with one attached hydrogen (secondary N) is 3. The first-order valence-corrected chi connectivity index (χ1v) is 43.1. The number of anilines is 6. The van der Waals surface area contributed by atoms with Crippen LogP contribution in [0.5, 0.6) is 0 Å². The van der Waals surface area contributed by atoms with Gasteiger partial charge < -0.3 is 35.2 Å². The number of nitrogens with zero attached hydrogens (tertiary/aromatic N) is 11. The molecular weight excluding hydrogens is 1540 g/mol. The molecule has 20 nitrogen and oxygen atoms in total. The summed E-state index contributed by atoms with van der Waals surface area (Å²) in [7, 11) is 0. The number of thiazole rings is 3. The molecule has 0 aliphatic carbocycles. The molecule has 3 amide bonds. The lowest BCUT2D eigenvalue weighted by Crippen LogP contribution is -2.32. The first kappa shape index (κ1) is 80.0. The fourth-order valence-corrected chi connectivity index (χ4v) is 17.5. The van der Waals surface area contributed by atoms with Gasteiger partial charge in [-0.2, -0.15) is 10.2 Å². The Kier molecular flexibility index (Phi) is 24.4. The number of ketones is 3. The molecule has 9 aromatic carbocycles. The Labute approximate surface area is 703 Å². The van der Waals surface area contributed by atoms with Crippen LogP contribution in [0.15, 0.2) is 248 Å². The zero-order valence-corrected chi connectivity index (χ0v) is 69.6. The molecule has 3 N–H and O–H groups in total. The summed E-state index contributed by atoms with van der Waals surface area (Å²) >= 11 is 4.55. The smallest absolute Gasteiger partial charge is 0.255 e. The number of hydrogen-bond acceptors (Lipinski definition) is 17. The number of piperidine rings is 3. The highest BCUT2D eigenvalue weighted by molar-refractivity contribution is 7.11. The topological polar surface area (TPSA) is 227 Å². The lowest BCUT2D eigenvalue weighted by atomic mass is 9.98. The molecule has 6 aromatic heterocycles. The molecule has 600 valence electrons. The maximum absolute atomic E-state index is 13.0. The Hall–Kier alpha value is -12.8. The SMILES string of the molecule is CC1CCN(c2ccc(C(=O)Nc3ccc4c(cnn4-c4ccc(C(=O)Cc5nccs5)cc4)c3)cc2)CC1.Cc1cnc(CC(=O)c2ccc(-n3ccc4cc(NC(=O)c5ccc(N6CCC(C)CC6)cc5)ccc43)cc2)s1.Cc1csc(CC(=O)c2ccc(-n3ncc4cc(NC(=O)c5ccc(N6CCC(C)CC6)cc5)ccc43)cc2)n1. The number of benzene rings is 9. The van der Waals surface area contributed by atoms with E-state index in [4.69, 9.17) is 0 Å². The average molecular weight is 1630 g/mol. The summed E-state index contributed by atoms with van der Waals surface area (Å²) in [4.78, 5) is 97.9. The van der Waals surface area contributed by atoms with E-state index < -0.39 is 0 Å². The molecule has 119 heavy (non-hydrogen) atoms. The van der Waals surface area contributed by atoms with Gasteiger partial charge in [0.15, 0.2) is 17.3 Å². The van der Waals surface area contributed by atoms with Crippen molar-refractivity contribution >= 4 is 136 Å². The third-order valence-electron chi connectivity index (χ3n) is 22.5. The summed E-state index contributed by atoms with van der Waals surface area (Å²) < 4.78 is 5.75. The molecule has 15 aromatic rings. The molecule has 0 bridgehead atoms. The Bertz CT molecular complexity index is 5850. The van der Waals surface area contributed by atoms with Crippen LogP contribution in [0.25, 0.3) is 49.8 Å². The standard InChI is InChI=1S/C33H32N4O2S.C32H31N5O2S.C31H29N5O2S/c1-22-13-16-36(17-14-22)28-8-5-25(6-9-28)33(39)35-27-7-12-30-26(19-27)15-18-37(30)29-10-3-24(4-11-29)31(38)20-32-34-21-23(2)40-32;1-21-13-15-36(16-14-21)27-8-5-24(6-9-27)32(39)35-26-7-12-29-25(17-26)19-33-37(29)28-10-3-23(4-11-28)30(38)18-31-34-22(2)20-40-31;1-21-12-15-35(16-13-21)26-7-4-23(5-8-26)31(38)34-25-6-11-28-24(18-25)20-33-36(28)27-9-2-22(3-10-27)29(37)19-30-32-14-17-39-30/h3-12,15,18-19,21-22H,13-14,16-17,20H2,1-2H3,(H,35,39);3-12,17,19-21H,13-16,18H2,1-2H3,(H,35,39);2-11,14,17-18,20-21H,12-13,15-16,19H2,1H3,(H,34,38). The fourth-order valence-electron chi connectivity index (χ4n) is 15.4. The molecule has 3 fully saturated rings. The van der Waals surface area contributed by atoms with Crippen LogP contribution < -0.4 is 30.7 Å². The van der Waals surface area contributed by atoms with Gasteiger partial charge in [-0.25, -0.2) is 24.3 Å². The van der Waals surface area contributed by atoms with Crippen LogP contribution in [0.4, 0.5) is 34.1 Å². The highest BCUT2D eigenvalue weighted by Gasteiger charge is 2.23. The van der Waals surface area contributed by atoms with Gasteiger partial charge >= 0.3 is 0 Å². The molecule has 9 heterocycles. The predicted octanol–water partition coefficient (Wildman–Crippen LogP) is 20.4. The van der Waals surface area contributed by atoms with Gasteiger partial charge in [0.2, 0.25) is 0 Å². The van der Waals surface area contributed by atoms with Gasteiger partial charge in [0.05, 0.1) is 59.6 Å². The number of amides is 3. The Morgan fingerprint density at radius 3 is 1.13 bits per heavy atom. The normalized spacial score (nSPS) is 14.0. The van der Waals surface area contributed by atoms with Crippen molar-refractivity contribution in [2.75, 3.05) is 69.9 Å². The van der Waals surface area contributed by atoms with Crippen molar-refractivity contribution in [3.63, 3.8) is 0 Å². The monoisotopic (exact) mass is 1630 g/mol. The summed E-state index contributed by atoms with van der Waals surface area (Å²) in [5.74, 6) is 2.10. The number of aryl methyl sites for hydroxylation is 2. The van der Waals surface area contributed by atoms with Crippen LogP contribution in [0.1, 0.15) is 147 Å². The van der Waals surface area contributed by atoms with E-state index in [0.717, 1.165) is 138 Å². The lowest BCUT2D eigenvalue weighted by Gasteiger charge is -2.32. The van der Waals surface area contributed by atoms with E-state index in [1.54, 1.807) is 36.1 Å². The minimum atomic E-state index is -0.140. The van der Waals surface area contributed by atoms with Gasteiger partial charge in [0.1, 0.15) is 15.0 Å².